The average Bonchev–Trinajstić information content (AvgIpc) is 2.59. The van der Waals surface area contributed by atoms with Crippen molar-refractivity contribution in [2.45, 2.75) is 0 Å². The largest absolute Gasteiger partial charge is 0.436 e. The minimum Gasteiger partial charge on any atom is -0.436 e. The van der Waals surface area contributed by atoms with Crippen molar-refractivity contribution in [3.63, 3.8) is 0 Å². The molecule has 0 aliphatic carbocycles. The number of rotatable bonds is 4. The summed E-state index contributed by atoms with van der Waals surface area (Å²) in [6.07, 6.45) is 1.54. The van der Waals surface area contributed by atoms with E-state index in [-0.39, 0.29) is 22.5 Å². The number of carbonyl (C=O) groups excluding carboxylic acids is 1. The van der Waals surface area contributed by atoms with Crippen LogP contribution in [0.15, 0.2) is 60.8 Å². The number of benzene rings is 1. The quantitative estimate of drug-likeness (QED) is 0.717. The maximum atomic E-state index is 12.9. The van der Waals surface area contributed by atoms with Gasteiger partial charge in [-0.3, -0.25) is 4.79 Å². The van der Waals surface area contributed by atoms with Gasteiger partial charge in [0.05, 0.1) is 0 Å². The molecule has 1 N–H and O–H groups in total. The zero-order valence-corrected chi connectivity index (χ0v) is 13.0. The molecule has 2 aromatic heterocycles. The van der Waals surface area contributed by atoms with E-state index in [1.54, 1.807) is 24.3 Å². The van der Waals surface area contributed by atoms with Crippen LogP contribution in [-0.2, 0) is 0 Å². The Morgan fingerprint density at radius 2 is 1.88 bits per heavy atom. The highest BCUT2D eigenvalue weighted by Crippen LogP contribution is 2.25. The summed E-state index contributed by atoms with van der Waals surface area (Å²) in [4.78, 5) is 20.2. The Morgan fingerprint density at radius 1 is 1.08 bits per heavy atom. The monoisotopic (exact) mass is 343 g/mol. The SMILES string of the molecule is O=C(Nc1ccc(F)cc1)c1cccc(Oc2cccnc2Cl)n1. The molecule has 1 aromatic carbocycles. The number of hydrogen-bond acceptors (Lipinski definition) is 4. The Bertz CT molecular complexity index is 872. The minimum absolute atomic E-state index is 0.150. The second kappa shape index (κ2) is 7.06. The highest BCUT2D eigenvalue weighted by atomic mass is 35.5. The number of pyridine rings is 2. The number of nitrogens with one attached hydrogen (secondary N) is 1. The molecule has 3 rings (SSSR count). The van der Waals surface area contributed by atoms with Crippen molar-refractivity contribution >= 4 is 23.2 Å². The third-order valence-electron chi connectivity index (χ3n) is 3.00. The number of halogens is 2. The predicted molar refractivity (Wildman–Crippen MR) is 87.9 cm³/mol. The second-order valence-electron chi connectivity index (χ2n) is 4.72. The first-order chi connectivity index (χ1) is 11.6. The van der Waals surface area contributed by atoms with Crippen LogP contribution in [0.5, 0.6) is 11.6 Å². The van der Waals surface area contributed by atoms with Gasteiger partial charge in [0.2, 0.25) is 5.88 Å². The predicted octanol–water partition coefficient (Wildman–Crippen LogP) is 4.31. The van der Waals surface area contributed by atoms with Crippen LogP contribution in [0.1, 0.15) is 10.5 Å². The number of anilines is 1. The molecule has 2 heterocycles. The average molecular weight is 344 g/mol. The van der Waals surface area contributed by atoms with Gasteiger partial charge < -0.3 is 10.1 Å². The Morgan fingerprint density at radius 3 is 2.62 bits per heavy atom. The van der Waals surface area contributed by atoms with Gasteiger partial charge in [-0.15, -0.1) is 0 Å². The summed E-state index contributed by atoms with van der Waals surface area (Å²) < 4.78 is 18.4. The zero-order chi connectivity index (χ0) is 16.9. The summed E-state index contributed by atoms with van der Waals surface area (Å²) in [7, 11) is 0. The molecule has 0 saturated carbocycles. The van der Waals surface area contributed by atoms with Crippen molar-refractivity contribution in [1.29, 1.82) is 0 Å². The van der Waals surface area contributed by atoms with E-state index in [2.05, 4.69) is 15.3 Å². The van der Waals surface area contributed by atoms with Crippen molar-refractivity contribution in [3.8, 4) is 11.6 Å². The van der Waals surface area contributed by atoms with Crippen LogP contribution in [0, 0.1) is 5.82 Å². The van der Waals surface area contributed by atoms with Gasteiger partial charge in [-0.25, -0.2) is 14.4 Å². The van der Waals surface area contributed by atoms with Gasteiger partial charge in [0.25, 0.3) is 5.91 Å². The lowest BCUT2D eigenvalue weighted by Gasteiger charge is -2.08. The van der Waals surface area contributed by atoms with E-state index in [9.17, 15) is 9.18 Å². The molecule has 7 heteroatoms. The van der Waals surface area contributed by atoms with Crippen LogP contribution in [0.4, 0.5) is 10.1 Å². The zero-order valence-electron chi connectivity index (χ0n) is 12.2. The normalized spacial score (nSPS) is 10.2. The van der Waals surface area contributed by atoms with E-state index >= 15 is 0 Å². The third-order valence-corrected chi connectivity index (χ3v) is 3.28. The number of ether oxygens (including phenoxy) is 1. The molecular weight excluding hydrogens is 333 g/mol. The Hall–Kier alpha value is -2.99. The summed E-state index contributed by atoms with van der Waals surface area (Å²) in [6.45, 7) is 0. The molecule has 3 aromatic rings. The molecule has 0 radical (unpaired) electrons. The fraction of sp³-hybridized carbons (Fsp3) is 0. The lowest BCUT2D eigenvalue weighted by molar-refractivity contribution is 0.102. The second-order valence-corrected chi connectivity index (χ2v) is 5.07. The van der Waals surface area contributed by atoms with E-state index in [0.29, 0.717) is 11.4 Å². The van der Waals surface area contributed by atoms with E-state index in [1.807, 2.05) is 0 Å². The molecular formula is C17H11ClFN3O2. The first kappa shape index (κ1) is 15.9. The van der Waals surface area contributed by atoms with Crippen molar-refractivity contribution in [2.75, 3.05) is 5.32 Å². The number of nitrogens with zero attached hydrogens (tertiary/aromatic N) is 2. The molecule has 0 fully saturated rings. The van der Waals surface area contributed by atoms with Crippen molar-refractivity contribution < 1.29 is 13.9 Å². The maximum absolute atomic E-state index is 12.9. The van der Waals surface area contributed by atoms with E-state index in [1.165, 1.54) is 36.5 Å². The fourth-order valence-corrected chi connectivity index (χ4v) is 2.04. The van der Waals surface area contributed by atoms with Gasteiger partial charge in [-0.05, 0) is 42.5 Å². The van der Waals surface area contributed by atoms with E-state index in [0.717, 1.165) is 0 Å². The van der Waals surface area contributed by atoms with Gasteiger partial charge in [0.15, 0.2) is 10.9 Å². The van der Waals surface area contributed by atoms with Crippen molar-refractivity contribution in [3.05, 3.63) is 77.5 Å². The number of amides is 1. The highest BCUT2D eigenvalue weighted by molar-refractivity contribution is 6.30. The van der Waals surface area contributed by atoms with Crippen molar-refractivity contribution in [1.82, 2.24) is 9.97 Å². The Kier molecular flexibility index (Phi) is 4.67. The topological polar surface area (TPSA) is 64.1 Å². The molecule has 0 atom stereocenters. The molecule has 0 unspecified atom stereocenters. The summed E-state index contributed by atoms with van der Waals surface area (Å²) in [6, 6.07) is 13.5. The highest BCUT2D eigenvalue weighted by Gasteiger charge is 2.11. The summed E-state index contributed by atoms with van der Waals surface area (Å²) in [5, 5.41) is 2.82. The smallest absolute Gasteiger partial charge is 0.274 e. The number of aromatic nitrogens is 2. The van der Waals surface area contributed by atoms with Gasteiger partial charge >= 0.3 is 0 Å². The van der Waals surface area contributed by atoms with Crippen LogP contribution < -0.4 is 10.1 Å². The van der Waals surface area contributed by atoms with Gasteiger partial charge in [-0.1, -0.05) is 17.7 Å². The van der Waals surface area contributed by atoms with E-state index in [4.69, 9.17) is 16.3 Å². The minimum atomic E-state index is -0.440. The third kappa shape index (κ3) is 3.85. The van der Waals surface area contributed by atoms with Gasteiger partial charge in [-0.2, -0.15) is 0 Å². The van der Waals surface area contributed by atoms with Crippen LogP contribution in [0.25, 0.3) is 0 Å². The maximum Gasteiger partial charge on any atom is 0.274 e. The Balaban J connectivity index is 1.76. The first-order valence-corrected chi connectivity index (χ1v) is 7.32. The van der Waals surface area contributed by atoms with Gasteiger partial charge in [0.1, 0.15) is 11.5 Å². The molecule has 0 spiro atoms. The molecule has 24 heavy (non-hydrogen) atoms. The summed E-state index contributed by atoms with van der Waals surface area (Å²) in [5.74, 6) is -0.279. The molecule has 1 amide bonds. The fourth-order valence-electron chi connectivity index (χ4n) is 1.89. The lowest BCUT2D eigenvalue weighted by atomic mass is 10.3. The standard InChI is InChI=1S/C17H11ClFN3O2/c18-16-14(4-2-10-20-16)24-15-5-1-3-13(22-15)17(23)21-12-8-6-11(19)7-9-12/h1-10H,(H,21,23). The summed E-state index contributed by atoms with van der Waals surface area (Å²) in [5.41, 5.74) is 0.613. The summed E-state index contributed by atoms with van der Waals surface area (Å²) >= 11 is 5.92. The van der Waals surface area contributed by atoms with E-state index < -0.39 is 5.91 Å². The molecule has 0 aliphatic heterocycles. The van der Waals surface area contributed by atoms with Crippen molar-refractivity contribution in [2.24, 2.45) is 0 Å². The van der Waals surface area contributed by atoms with Gasteiger partial charge in [0, 0.05) is 18.0 Å². The van der Waals surface area contributed by atoms with Crippen LogP contribution >= 0.6 is 11.6 Å². The van der Waals surface area contributed by atoms with Crippen LogP contribution in [-0.4, -0.2) is 15.9 Å². The van der Waals surface area contributed by atoms with Crippen LogP contribution in [0.3, 0.4) is 0 Å². The molecule has 0 saturated heterocycles. The molecule has 0 aliphatic rings. The molecule has 0 bridgehead atoms. The van der Waals surface area contributed by atoms with Crippen LogP contribution in [0.2, 0.25) is 5.15 Å². The first-order valence-electron chi connectivity index (χ1n) is 6.94. The lowest BCUT2D eigenvalue weighted by Crippen LogP contribution is -2.13. The number of carbonyl (C=O) groups is 1. The number of hydrogen-bond donors (Lipinski definition) is 1. The Labute approximate surface area is 142 Å². The molecule has 5 nitrogen and oxygen atoms in total. The molecule has 120 valence electrons.